The van der Waals surface area contributed by atoms with Crippen LogP contribution in [0.4, 0.5) is 0 Å². The van der Waals surface area contributed by atoms with Gasteiger partial charge in [0, 0.05) is 15.8 Å². The SMILES string of the molecule is NNC(Cc1sccc1Br)c1csc(I)c1. The summed E-state index contributed by atoms with van der Waals surface area (Å²) >= 11 is 9.38. The number of thiophene rings is 2. The second-order valence-corrected chi connectivity index (χ2v) is 7.96. The summed E-state index contributed by atoms with van der Waals surface area (Å²) < 4.78 is 2.46. The fraction of sp³-hybridized carbons (Fsp3) is 0.200. The first-order valence-corrected chi connectivity index (χ1v) is 8.25. The molecule has 2 aromatic rings. The van der Waals surface area contributed by atoms with E-state index in [4.69, 9.17) is 5.84 Å². The smallest absolute Gasteiger partial charge is 0.0656 e. The lowest BCUT2D eigenvalue weighted by atomic mass is 10.1. The van der Waals surface area contributed by atoms with Crippen LogP contribution in [0.1, 0.15) is 16.5 Å². The Morgan fingerprint density at radius 2 is 2.31 bits per heavy atom. The highest BCUT2D eigenvalue weighted by Gasteiger charge is 2.14. The molecule has 2 rings (SSSR count). The molecule has 0 spiro atoms. The van der Waals surface area contributed by atoms with Crippen LogP contribution in [0.15, 0.2) is 27.4 Å². The van der Waals surface area contributed by atoms with Gasteiger partial charge in [-0.25, -0.2) is 0 Å². The van der Waals surface area contributed by atoms with Crippen molar-refractivity contribution < 1.29 is 0 Å². The summed E-state index contributed by atoms with van der Waals surface area (Å²) in [4.78, 5) is 1.32. The molecule has 0 bridgehead atoms. The predicted molar refractivity (Wildman–Crippen MR) is 82.8 cm³/mol. The Morgan fingerprint density at radius 1 is 1.50 bits per heavy atom. The van der Waals surface area contributed by atoms with Crippen LogP contribution in [-0.4, -0.2) is 0 Å². The minimum absolute atomic E-state index is 0.190. The second kappa shape index (κ2) is 5.92. The van der Waals surface area contributed by atoms with E-state index >= 15 is 0 Å². The third kappa shape index (κ3) is 3.05. The first-order valence-electron chi connectivity index (χ1n) is 4.62. The maximum absolute atomic E-state index is 5.62. The summed E-state index contributed by atoms with van der Waals surface area (Å²) in [6.07, 6.45) is 0.918. The molecule has 16 heavy (non-hydrogen) atoms. The van der Waals surface area contributed by atoms with Gasteiger partial charge in [0.1, 0.15) is 0 Å². The Balaban J connectivity index is 2.15. The molecule has 0 aliphatic heterocycles. The molecule has 3 N–H and O–H groups in total. The predicted octanol–water partition coefficient (Wildman–Crippen LogP) is 3.92. The van der Waals surface area contributed by atoms with Crippen LogP contribution in [0.25, 0.3) is 0 Å². The summed E-state index contributed by atoms with van der Waals surface area (Å²) in [6, 6.07) is 4.44. The van der Waals surface area contributed by atoms with Gasteiger partial charge in [-0.2, -0.15) is 0 Å². The molecule has 0 saturated heterocycles. The van der Waals surface area contributed by atoms with Gasteiger partial charge in [-0.3, -0.25) is 11.3 Å². The average molecular weight is 429 g/mol. The molecule has 6 heteroatoms. The fourth-order valence-electron chi connectivity index (χ4n) is 1.44. The zero-order chi connectivity index (χ0) is 11.5. The van der Waals surface area contributed by atoms with Crippen molar-refractivity contribution >= 4 is 61.2 Å². The largest absolute Gasteiger partial charge is 0.271 e. The van der Waals surface area contributed by atoms with Gasteiger partial charge >= 0.3 is 0 Å². The number of nitrogens with two attached hydrogens (primary N) is 1. The first kappa shape index (κ1) is 13.0. The molecule has 86 valence electrons. The van der Waals surface area contributed by atoms with Crippen molar-refractivity contribution in [2.24, 2.45) is 5.84 Å². The van der Waals surface area contributed by atoms with Crippen LogP contribution >= 0.6 is 61.2 Å². The van der Waals surface area contributed by atoms with E-state index in [2.05, 4.69) is 66.8 Å². The van der Waals surface area contributed by atoms with Crippen LogP contribution in [-0.2, 0) is 6.42 Å². The van der Waals surface area contributed by atoms with Gasteiger partial charge in [0.15, 0.2) is 0 Å². The third-order valence-electron chi connectivity index (χ3n) is 2.27. The molecule has 0 aliphatic carbocycles. The fourth-order valence-corrected chi connectivity index (χ4v) is 4.42. The molecule has 0 saturated carbocycles. The van der Waals surface area contributed by atoms with E-state index in [-0.39, 0.29) is 6.04 Å². The quantitative estimate of drug-likeness (QED) is 0.440. The van der Waals surface area contributed by atoms with E-state index in [1.807, 2.05) is 0 Å². The van der Waals surface area contributed by atoms with E-state index in [1.165, 1.54) is 17.8 Å². The monoisotopic (exact) mass is 428 g/mol. The summed E-state index contributed by atoms with van der Waals surface area (Å²) in [5, 5.41) is 4.25. The van der Waals surface area contributed by atoms with Crippen molar-refractivity contribution in [1.29, 1.82) is 0 Å². The Hall–Kier alpha value is 0.530. The van der Waals surface area contributed by atoms with Crippen molar-refractivity contribution in [3.05, 3.63) is 40.7 Å². The highest BCUT2D eigenvalue weighted by molar-refractivity contribution is 14.1. The molecule has 1 atom stereocenters. The molecule has 0 amide bonds. The maximum Gasteiger partial charge on any atom is 0.0656 e. The van der Waals surface area contributed by atoms with Gasteiger partial charge in [-0.05, 0) is 67.0 Å². The lowest BCUT2D eigenvalue weighted by Crippen LogP contribution is -2.29. The van der Waals surface area contributed by atoms with Crippen LogP contribution in [0, 0.1) is 2.88 Å². The molecule has 0 aromatic carbocycles. The zero-order valence-electron chi connectivity index (χ0n) is 8.24. The van der Waals surface area contributed by atoms with E-state index < -0.39 is 0 Å². The maximum atomic E-state index is 5.62. The number of hydrogen-bond acceptors (Lipinski definition) is 4. The summed E-state index contributed by atoms with van der Waals surface area (Å²) in [5.74, 6) is 5.62. The van der Waals surface area contributed by atoms with E-state index in [9.17, 15) is 0 Å². The molecular formula is C10H10BrIN2S2. The summed E-state index contributed by atoms with van der Waals surface area (Å²) in [6.45, 7) is 0. The molecule has 2 heterocycles. The second-order valence-electron chi connectivity index (χ2n) is 3.30. The molecule has 0 fully saturated rings. The summed E-state index contributed by atoms with van der Waals surface area (Å²) in [5.41, 5.74) is 4.15. The van der Waals surface area contributed by atoms with Gasteiger partial charge in [0.25, 0.3) is 0 Å². The Morgan fingerprint density at radius 3 is 2.81 bits per heavy atom. The van der Waals surface area contributed by atoms with Crippen molar-refractivity contribution in [2.75, 3.05) is 0 Å². The zero-order valence-corrected chi connectivity index (χ0v) is 13.6. The lowest BCUT2D eigenvalue weighted by Gasteiger charge is -2.13. The van der Waals surface area contributed by atoms with E-state index in [1.54, 1.807) is 22.7 Å². The summed E-state index contributed by atoms with van der Waals surface area (Å²) in [7, 11) is 0. The highest BCUT2D eigenvalue weighted by Crippen LogP contribution is 2.30. The minimum atomic E-state index is 0.190. The number of halogens is 2. The van der Waals surface area contributed by atoms with Crippen molar-refractivity contribution in [3.8, 4) is 0 Å². The van der Waals surface area contributed by atoms with E-state index in [0.717, 1.165) is 6.42 Å². The van der Waals surface area contributed by atoms with Gasteiger partial charge in [-0.1, -0.05) is 0 Å². The number of hydrazine groups is 1. The molecular weight excluding hydrogens is 419 g/mol. The minimum Gasteiger partial charge on any atom is -0.271 e. The standard InChI is InChI=1S/C10H10BrIN2S2/c11-7-1-2-15-9(7)4-8(14-13)6-3-10(12)16-5-6/h1-3,5,8,14H,4,13H2. The van der Waals surface area contributed by atoms with Crippen LogP contribution in [0.3, 0.4) is 0 Å². The topological polar surface area (TPSA) is 38.0 Å². The number of rotatable bonds is 4. The molecule has 1 unspecified atom stereocenters. The highest BCUT2D eigenvalue weighted by atomic mass is 127. The normalized spacial score (nSPS) is 12.9. The Kier molecular flexibility index (Phi) is 4.80. The third-order valence-corrected chi connectivity index (χ3v) is 6.03. The molecule has 0 aliphatic rings. The molecule has 2 aromatic heterocycles. The van der Waals surface area contributed by atoms with Gasteiger partial charge in [0.2, 0.25) is 0 Å². The average Bonchev–Trinajstić information content (AvgIpc) is 2.85. The number of nitrogens with one attached hydrogen (secondary N) is 1. The first-order chi connectivity index (χ1) is 7.70. The lowest BCUT2D eigenvalue weighted by molar-refractivity contribution is 0.556. The van der Waals surface area contributed by atoms with Gasteiger partial charge < -0.3 is 0 Å². The Labute approximate surface area is 124 Å². The van der Waals surface area contributed by atoms with Crippen LogP contribution < -0.4 is 11.3 Å². The Bertz CT molecular complexity index is 469. The number of hydrogen-bond donors (Lipinski definition) is 2. The molecule has 0 radical (unpaired) electrons. The van der Waals surface area contributed by atoms with Gasteiger partial charge in [0.05, 0.1) is 8.93 Å². The van der Waals surface area contributed by atoms with Gasteiger partial charge in [-0.15, -0.1) is 22.7 Å². The van der Waals surface area contributed by atoms with Crippen LogP contribution in [0.2, 0.25) is 0 Å². The van der Waals surface area contributed by atoms with Crippen LogP contribution in [0.5, 0.6) is 0 Å². The van der Waals surface area contributed by atoms with Crippen molar-refractivity contribution in [3.63, 3.8) is 0 Å². The van der Waals surface area contributed by atoms with Crippen molar-refractivity contribution in [2.45, 2.75) is 12.5 Å². The molecule has 2 nitrogen and oxygen atoms in total. The van der Waals surface area contributed by atoms with Crippen molar-refractivity contribution in [1.82, 2.24) is 5.43 Å². The van der Waals surface area contributed by atoms with E-state index in [0.29, 0.717) is 0 Å².